The Kier molecular flexibility index (Phi) is 6.75. The van der Waals surface area contributed by atoms with E-state index in [-0.39, 0.29) is 11.9 Å². The molecule has 122 valence electrons. The number of hydrogen-bond acceptors (Lipinski definition) is 3. The van der Waals surface area contributed by atoms with Crippen LogP contribution in [0, 0.1) is 11.8 Å². The number of rotatable bonds is 10. The van der Waals surface area contributed by atoms with Crippen molar-refractivity contribution in [3.63, 3.8) is 0 Å². The zero-order valence-corrected chi connectivity index (χ0v) is 13.8. The summed E-state index contributed by atoms with van der Waals surface area (Å²) in [4.78, 5) is 11.4. The van der Waals surface area contributed by atoms with Gasteiger partial charge in [-0.2, -0.15) is 0 Å². The molecule has 2 atom stereocenters. The lowest BCUT2D eigenvalue weighted by Gasteiger charge is -2.07. The van der Waals surface area contributed by atoms with Crippen LogP contribution in [0.25, 0.3) is 0 Å². The molecular formula is C19H28O3. The van der Waals surface area contributed by atoms with E-state index in [0.717, 1.165) is 38.0 Å². The largest absolute Gasteiger partial charge is 0.494 e. The third-order valence-electron chi connectivity index (χ3n) is 4.42. The summed E-state index contributed by atoms with van der Waals surface area (Å²) in [5.41, 5.74) is 1.31. The molecule has 0 aromatic heterocycles. The smallest absolute Gasteiger partial charge is 0.308 e. The average Bonchev–Trinajstić information content (AvgIpc) is 3.33. The molecule has 0 spiro atoms. The third kappa shape index (κ3) is 5.36. The predicted molar refractivity (Wildman–Crippen MR) is 88.0 cm³/mol. The average molecular weight is 304 g/mol. The summed E-state index contributed by atoms with van der Waals surface area (Å²) in [6, 6.07) is 8.38. The van der Waals surface area contributed by atoms with Gasteiger partial charge in [0.05, 0.1) is 19.6 Å². The maximum Gasteiger partial charge on any atom is 0.308 e. The summed E-state index contributed by atoms with van der Waals surface area (Å²) in [7, 11) is 1.47. The lowest BCUT2D eigenvalue weighted by atomic mass is 10.1. The minimum atomic E-state index is -0.0446. The SMILES string of the molecule is CCCCCCOc1ccc(CCC2CC2C(=O)OC)cc1. The van der Waals surface area contributed by atoms with Crippen molar-refractivity contribution in [3.8, 4) is 5.75 Å². The van der Waals surface area contributed by atoms with Gasteiger partial charge in [-0.05, 0) is 49.3 Å². The highest BCUT2D eigenvalue weighted by Crippen LogP contribution is 2.42. The standard InChI is InChI=1S/C19H28O3/c1-3-4-5-6-13-22-17-11-8-15(9-12-17)7-10-16-14-18(16)19(20)21-2/h8-9,11-12,16,18H,3-7,10,13-14H2,1-2H3. The quantitative estimate of drug-likeness (QED) is 0.475. The molecule has 2 unspecified atom stereocenters. The molecule has 1 aromatic rings. The van der Waals surface area contributed by atoms with Crippen LogP contribution in [0.5, 0.6) is 5.75 Å². The van der Waals surface area contributed by atoms with Gasteiger partial charge in [-0.25, -0.2) is 0 Å². The van der Waals surface area contributed by atoms with Crippen molar-refractivity contribution < 1.29 is 14.3 Å². The monoisotopic (exact) mass is 304 g/mol. The Hall–Kier alpha value is -1.51. The maximum absolute atomic E-state index is 11.4. The summed E-state index contributed by atoms with van der Waals surface area (Å²) in [5.74, 6) is 1.58. The van der Waals surface area contributed by atoms with Gasteiger partial charge in [-0.1, -0.05) is 38.3 Å². The van der Waals surface area contributed by atoms with Crippen LogP contribution in [-0.4, -0.2) is 19.7 Å². The van der Waals surface area contributed by atoms with Gasteiger partial charge in [-0.3, -0.25) is 4.79 Å². The molecule has 0 heterocycles. The van der Waals surface area contributed by atoms with Crippen LogP contribution < -0.4 is 4.74 Å². The van der Waals surface area contributed by atoms with E-state index in [9.17, 15) is 4.79 Å². The number of carbonyl (C=O) groups excluding carboxylic acids is 1. The summed E-state index contributed by atoms with van der Waals surface area (Å²) in [6.07, 6.45) is 8.00. The number of hydrogen-bond donors (Lipinski definition) is 0. The molecule has 1 saturated carbocycles. The molecule has 0 bridgehead atoms. The fourth-order valence-electron chi connectivity index (χ4n) is 2.83. The van der Waals surface area contributed by atoms with Gasteiger partial charge < -0.3 is 9.47 Å². The molecule has 1 aromatic carbocycles. The van der Waals surface area contributed by atoms with Crippen LogP contribution in [0.15, 0.2) is 24.3 Å². The summed E-state index contributed by atoms with van der Waals surface area (Å²) in [6.45, 7) is 3.02. The number of esters is 1. The minimum absolute atomic E-state index is 0.0446. The fourth-order valence-corrected chi connectivity index (χ4v) is 2.83. The molecule has 0 aliphatic heterocycles. The van der Waals surface area contributed by atoms with Crippen molar-refractivity contribution >= 4 is 5.97 Å². The highest BCUT2D eigenvalue weighted by atomic mass is 16.5. The van der Waals surface area contributed by atoms with Gasteiger partial charge >= 0.3 is 5.97 Å². The number of benzene rings is 1. The fraction of sp³-hybridized carbons (Fsp3) is 0.632. The topological polar surface area (TPSA) is 35.5 Å². The molecular weight excluding hydrogens is 276 g/mol. The lowest BCUT2D eigenvalue weighted by Crippen LogP contribution is -2.04. The Morgan fingerprint density at radius 3 is 2.64 bits per heavy atom. The van der Waals surface area contributed by atoms with Crippen LogP contribution in [0.4, 0.5) is 0 Å². The van der Waals surface area contributed by atoms with Crippen LogP contribution in [0.1, 0.15) is 51.0 Å². The molecule has 0 amide bonds. The molecule has 2 rings (SSSR count). The van der Waals surface area contributed by atoms with Crippen LogP contribution >= 0.6 is 0 Å². The molecule has 0 N–H and O–H groups in total. The van der Waals surface area contributed by atoms with Crippen molar-refractivity contribution in [2.45, 2.75) is 51.9 Å². The first-order chi connectivity index (χ1) is 10.7. The van der Waals surface area contributed by atoms with E-state index in [0.29, 0.717) is 5.92 Å². The van der Waals surface area contributed by atoms with Gasteiger partial charge in [0.15, 0.2) is 0 Å². The number of carbonyl (C=O) groups is 1. The van der Waals surface area contributed by atoms with Crippen molar-refractivity contribution in [3.05, 3.63) is 29.8 Å². The molecule has 3 heteroatoms. The van der Waals surface area contributed by atoms with Gasteiger partial charge in [-0.15, -0.1) is 0 Å². The van der Waals surface area contributed by atoms with E-state index >= 15 is 0 Å². The van der Waals surface area contributed by atoms with E-state index in [4.69, 9.17) is 9.47 Å². The normalized spacial score (nSPS) is 19.7. The van der Waals surface area contributed by atoms with E-state index in [1.807, 2.05) is 0 Å². The number of ether oxygens (including phenoxy) is 2. The Morgan fingerprint density at radius 1 is 1.18 bits per heavy atom. The van der Waals surface area contributed by atoms with Crippen LogP contribution in [0.3, 0.4) is 0 Å². The zero-order valence-electron chi connectivity index (χ0n) is 13.8. The Balaban J connectivity index is 1.64. The molecule has 1 fully saturated rings. The molecule has 1 aliphatic rings. The molecule has 1 aliphatic carbocycles. The van der Waals surface area contributed by atoms with E-state index in [1.54, 1.807) is 0 Å². The van der Waals surface area contributed by atoms with Crippen LogP contribution in [-0.2, 0) is 16.0 Å². The second kappa shape index (κ2) is 8.82. The molecule has 22 heavy (non-hydrogen) atoms. The van der Waals surface area contributed by atoms with E-state index < -0.39 is 0 Å². The second-order valence-electron chi connectivity index (χ2n) is 6.22. The van der Waals surface area contributed by atoms with E-state index in [1.165, 1.54) is 31.9 Å². The second-order valence-corrected chi connectivity index (χ2v) is 6.22. The lowest BCUT2D eigenvalue weighted by molar-refractivity contribution is -0.142. The summed E-state index contributed by atoms with van der Waals surface area (Å²) >= 11 is 0. The van der Waals surface area contributed by atoms with Gasteiger partial charge in [0, 0.05) is 0 Å². The first-order valence-corrected chi connectivity index (χ1v) is 8.54. The summed E-state index contributed by atoms with van der Waals surface area (Å²) in [5, 5.41) is 0. The van der Waals surface area contributed by atoms with E-state index in [2.05, 4.69) is 31.2 Å². The highest BCUT2D eigenvalue weighted by molar-refractivity contribution is 5.75. The van der Waals surface area contributed by atoms with Gasteiger partial charge in [0.1, 0.15) is 5.75 Å². The maximum atomic E-state index is 11.4. The van der Waals surface area contributed by atoms with Crippen molar-refractivity contribution in [1.29, 1.82) is 0 Å². The van der Waals surface area contributed by atoms with Crippen molar-refractivity contribution in [2.75, 3.05) is 13.7 Å². The zero-order chi connectivity index (χ0) is 15.8. The third-order valence-corrected chi connectivity index (χ3v) is 4.42. The molecule has 0 radical (unpaired) electrons. The molecule has 3 nitrogen and oxygen atoms in total. The van der Waals surface area contributed by atoms with Crippen molar-refractivity contribution in [2.24, 2.45) is 11.8 Å². The van der Waals surface area contributed by atoms with Gasteiger partial charge in [0.2, 0.25) is 0 Å². The Labute approximate surface area is 134 Å². The van der Waals surface area contributed by atoms with Crippen LogP contribution in [0.2, 0.25) is 0 Å². The first-order valence-electron chi connectivity index (χ1n) is 8.54. The highest BCUT2D eigenvalue weighted by Gasteiger charge is 2.43. The molecule has 0 saturated heterocycles. The first kappa shape index (κ1) is 16.9. The Bertz CT molecular complexity index is 452. The predicted octanol–water partition coefficient (Wildman–Crippen LogP) is 4.39. The minimum Gasteiger partial charge on any atom is -0.494 e. The number of aryl methyl sites for hydroxylation is 1. The summed E-state index contributed by atoms with van der Waals surface area (Å²) < 4.78 is 10.5. The number of unbranched alkanes of at least 4 members (excludes halogenated alkanes) is 3. The van der Waals surface area contributed by atoms with Crippen molar-refractivity contribution in [1.82, 2.24) is 0 Å². The number of methoxy groups -OCH3 is 1. The Morgan fingerprint density at radius 2 is 1.95 bits per heavy atom. The van der Waals surface area contributed by atoms with Gasteiger partial charge in [0.25, 0.3) is 0 Å².